The van der Waals surface area contributed by atoms with Gasteiger partial charge in [-0.15, -0.1) is 11.3 Å². The molecular weight excluding hydrogens is 275 g/mol. The van der Waals surface area contributed by atoms with Crippen molar-refractivity contribution in [2.24, 2.45) is 0 Å². The van der Waals surface area contributed by atoms with Crippen LogP contribution in [0.2, 0.25) is 0 Å². The van der Waals surface area contributed by atoms with Gasteiger partial charge in [0.25, 0.3) is 0 Å². The Hall–Kier alpha value is -1.46. The number of hydrogen-bond donors (Lipinski definition) is 1. The van der Waals surface area contributed by atoms with Crippen LogP contribution in [-0.2, 0) is 4.74 Å². The topological polar surface area (TPSA) is 34.1 Å². The lowest BCUT2D eigenvalue weighted by Gasteiger charge is -2.11. The molecule has 106 valence electrons. The molecule has 2 aromatic rings. The molecule has 1 aliphatic rings. The summed E-state index contributed by atoms with van der Waals surface area (Å²) in [6.07, 6.45) is 3.61. The van der Waals surface area contributed by atoms with E-state index in [1.807, 2.05) is 5.38 Å². The van der Waals surface area contributed by atoms with Crippen molar-refractivity contribution in [2.45, 2.75) is 31.4 Å². The molecule has 3 rings (SSSR count). The Bertz CT molecular complexity index is 570. The van der Waals surface area contributed by atoms with Crippen molar-refractivity contribution in [1.82, 2.24) is 4.98 Å². The van der Waals surface area contributed by atoms with Crippen molar-refractivity contribution in [3.8, 4) is 11.3 Å². The smallest absolute Gasteiger partial charge is 0.183 e. The summed E-state index contributed by atoms with van der Waals surface area (Å²) in [6.45, 7) is 0. The normalized spacial score (nSPS) is 22.1. The highest BCUT2D eigenvalue weighted by Crippen LogP contribution is 2.29. The van der Waals surface area contributed by atoms with Crippen LogP contribution < -0.4 is 5.32 Å². The summed E-state index contributed by atoms with van der Waals surface area (Å²) in [7, 11) is 1.77. The fourth-order valence-corrected chi connectivity index (χ4v) is 3.35. The van der Waals surface area contributed by atoms with Crippen LogP contribution in [0.3, 0.4) is 0 Å². The molecule has 1 heterocycles. The molecule has 0 aliphatic heterocycles. The van der Waals surface area contributed by atoms with E-state index in [0.717, 1.165) is 35.7 Å². The van der Waals surface area contributed by atoms with Crippen LogP contribution in [0.5, 0.6) is 0 Å². The second-order valence-corrected chi connectivity index (χ2v) is 5.91. The van der Waals surface area contributed by atoms with Gasteiger partial charge in [0, 0.05) is 24.1 Å². The van der Waals surface area contributed by atoms with Gasteiger partial charge in [-0.2, -0.15) is 0 Å². The number of methoxy groups -OCH3 is 1. The number of nitrogens with zero attached hydrogens (tertiary/aromatic N) is 1. The first-order chi connectivity index (χ1) is 9.74. The van der Waals surface area contributed by atoms with Crippen molar-refractivity contribution >= 4 is 16.5 Å². The molecule has 1 aromatic carbocycles. The van der Waals surface area contributed by atoms with E-state index in [2.05, 4.69) is 10.3 Å². The van der Waals surface area contributed by atoms with Crippen LogP contribution in [0.15, 0.2) is 29.6 Å². The quantitative estimate of drug-likeness (QED) is 0.927. The zero-order valence-electron chi connectivity index (χ0n) is 11.3. The second-order valence-electron chi connectivity index (χ2n) is 5.06. The standard InChI is InChI=1S/C15H17FN2OS/c1-19-13-7-6-12(8-13)17-15-18-14(9-20-15)10-2-4-11(16)5-3-10/h2-5,9,12-13H,6-8H2,1H3,(H,17,18). The number of ether oxygens (including phenoxy) is 1. The largest absolute Gasteiger partial charge is 0.381 e. The highest BCUT2D eigenvalue weighted by atomic mass is 32.1. The maximum Gasteiger partial charge on any atom is 0.183 e. The number of rotatable bonds is 4. The van der Waals surface area contributed by atoms with Crippen LogP contribution in [0, 0.1) is 5.82 Å². The Labute approximate surface area is 121 Å². The SMILES string of the molecule is COC1CCC(Nc2nc(-c3ccc(F)cc3)cs2)C1. The van der Waals surface area contributed by atoms with Gasteiger partial charge in [0.2, 0.25) is 0 Å². The molecule has 20 heavy (non-hydrogen) atoms. The Kier molecular flexibility index (Phi) is 3.98. The summed E-state index contributed by atoms with van der Waals surface area (Å²) in [6, 6.07) is 6.87. The molecule has 3 nitrogen and oxygen atoms in total. The van der Waals surface area contributed by atoms with Crippen molar-refractivity contribution < 1.29 is 9.13 Å². The van der Waals surface area contributed by atoms with Crippen LogP contribution in [0.1, 0.15) is 19.3 Å². The van der Waals surface area contributed by atoms with Gasteiger partial charge in [0.15, 0.2) is 5.13 Å². The lowest BCUT2D eigenvalue weighted by Crippen LogP contribution is -2.17. The third kappa shape index (κ3) is 2.99. The molecular formula is C15H17FN2OS. The van der Waals surface area contributed by atoms with Crippen molar-refractivity contribution in [3.05, 3.63) is 35.5 Å². The van der Waals surface area contributed by atoms with Gasteiger partial charge in [0.05, 0.1) is 11.8 Å². The van der Waals surface area contributed by atoms with E-state index < -0.39 is 0 Å². The van der Waals surface area contributed by atoms with Crippen LogP contribution in [0.4, 0.5) is 9.52 Å². The highest BCUT2D eigenvalue weighted by Gasteiger charge is 2.24. The van der Waals surface area contributed by atoms with E-state index in [0.29, 0.717) is 12.1 Å². The molecule has 2 unspecified atom stereocenters. The number of aromatic nitrogens is 1. The maximum atomic E-state index is 12.9. The number of hydrogen-bond acceptors (Lipinski definition) is 4. The van der Waals surface area contributed by atoms with Crippen LogP contribution >= 0.6 is 11.3 Å². The second kappa shape index (κ2) is 5.89. The average molecular weight is 292 g/mol. The van der Waals surface area contributed by atoms with Gasteiger partial charge in [0.1, 0.15) is 5.82 Å². The molecule has 0 amide bonds. The van der Waals surface area contributed by atoms with E-state index in [-0.39, 0.29) is 5.82 Å². The van der Waals surface area contributed by atoms with Crippen molar-refractivity contribution in [1.29, 1.82) is 0 Å². The highest BCUT2D eigenvalue weighted by molar-refractivity contribution is 7.14. The molecule has 1 aliphatic carbocycles. The summed E-state index contributed by atoms with van der Waals surface area (Å²) < 4.78 is 18.3. The lowest BCUT2D eigenvalue weighted by atomic mass is 10.2. The molecule has 1 fully saturated rings. The third-order valence-electron chi connectivity index (χ3n) is 3.69. The average Bonchev–Trinajstić information content (AvgIpc) is 3.09. The van der Waals surface area contributed by atoms with E-state index in [9.17, 15) is 4.39 Å². The van der Waals surface area contributed by atoms with Crippen LogP contribution in [0.25, 0.3) is 11.3 Å². The minimum absolute atomic E-state index is 0.223. The number of nitrogens with one attached hydrogen (secondary N) is 1. The predicted octanol–water partition coefficient (Wildman–Crippen LogP) is 3.93. The predicted molar refractivity (Wildman–Crippen MR) is 79.6 cm³/mol. The first kappa shape index (κ1) is 13.5. The number of benzene rings is 1. The van der Waals surface area contributed by atoms with E-state index in [1.54, 1.807) is 30.6 Å². The lowest BCUT2D eigenvalue weighted by molar-refractivity contribution is 0.108. The van der Waals surface area contributed by atoms with E-state index >= 15 is 0 Å². The van der Waals surface area contributed by atoms with E-state index in [4.69, 9.17) is 4.74 Å². The minimum atomic E-state index is -0.223. The van der Waals surface area contributed by atoms with Gasteiger partial charge in [-0.1, -0.05) is 0 Å². The molecule has 0 saturated heterocycles. The van der Waals surface area contributed by atoms with Crippen molar-refractivity contribution in [3.63, 3.8) is 0 Å². The molecule has 0 spiro atoms. The molecule has 0 bridgehead atoms. The Balaban J connectivity index is 1.66. The summed E-state index contributed by atoms with van der Waals surface area (Å²) in [5.74, 6) is -0.223. The molecule has 1 saturated carbocycles. The van der Waals surface area contributed by atoms with Crippen LogP contribution in [-0.4, -0.2) is 24.2 Å². The van der Waals surface area contributed by atoms with Gasteiger partial charge in [-0.05, 0) is 43.5 Å². The number of thiazole rings is 1. The molecule has 1 aromatic heterocycles. The number of anilines is 1. The minimum Gasteiger partial charge on any atom is -0.381 e. The summed E-state index contributed by atoms with van der Waals surface area (Å²) in [5, 5.41) is 6.38. The molecule has 0 radical (unpaired) electrons. The first-order valence-electron chi connectivity index (χ1n) is 6.75. The first-order valence-corrected chi connectivity index (χ1v) is 7.63. The Morgan fingerprint density at radius 2 is 2.10 bits per heavy atom. The fraction of sp³-hybridized carbons (Fsp3) is 0.400. The van der Waals surface area contributed by atoms with Gasteiger partial charge in [-0.3, -0.25) is 0 Å². The molecule has 5 heteroatoms. The zero-order valence-corrected chi connectivity index (χ0v) is 12.1. The summed E-state index contributed by atoms with van der Waals surface area (Å²) >= 11 is 1.59. The van der Waals surface area contributed by atoms with E-state index in [1.165, 1.54) is 12.1 Å². The maximum absolute atomic E-state index is 12.9. The summed E-state index contributed by atoms with van der Waals surface area (Å²) in [5.41, 5.74) is 1.83. The molecule has 2 atom stereocenters. The molecule has 1 N–H and O–H groups in total. The Morgan fingerprint density at radius 1 is 1.30 bits per heavy atom. The number of halogens is 1. The third-order valence-corrected chi connectivity index (χ3v) is 4.46. The monoisotopic (exact) mass is 292 g/mol. The van der Waals surface area contributed by atoms with Gasteiger partial charge >= 0.3 is 0 Å². The van der Waals surface area contributed by atoms with Crippen molar-refractivity contribution in [2.75, 3.05) is 12.4 Å². The van der Waals surface area contributed by atoms with Gasteiger partial charge < -0.3 is 10.1 Å². The fourth-order valence-electron chi connectivity index (χ4n) is 2.55. The Morgan fingerprint density at radius 3 is 2.80 bits per heavy atom. The zero-order chi connectivity index (χ0) is 13.9. The summed E-state index contributed by atoms with van der Waals surface area (Å²) in [4.78, 5) is 4.57. The van der Waals surface area contributed by atoms with Gasteiger partial charge in [-0.25, -0.2) is 9.37 Å².